The van der Waals surface area contributed by atoms with Gasteiger partial charge in [-0.1, -0.05) is 43.6 Å². The van der Waals surface area contributed by atoms with Crippen LogP contribution in [0.3, 0.4) is 0 Å². The zero-order valence-electron chi connectivity index (χ0n) is 26.7. The molecule has 0 spiro atoms. The van der Waals surface area contributed by atoms with Crippen molar-refractivity contribution < 1.29 is 32.6 Å². The first-order valence-electron chi connectivity index (χ1n) is 15.2. The number of anilines is 1. The quantitative estimate of drug-likeness (QED) is 0.119. The topological polar surface area (TPSA) is 78.0 Å². The Morgan fingerprint density at radius 1 is 1.11 bits per heavy atom. The van der Waals surface area contributed by atoms with Gasteiger partial charge in [0, 0.05) is 25.1 Å². The molecule has 1 atom stereocenters. The summed E-state index contributed by atoms with van der Waals surface area (Å²) in [4.78, 5) is 32.4. The van der Waals surface area contributed by atoms with Gasteiger partial charge in [0.05, 0.1) is 30.1 Å². The van der Waals surface area contributed by atoms with Crippen molar-refractivity contribution in [3.8, 4) is 16.9 Å². The maximum absolute atomic E-state index is 15.6. The number of halogens is 3. The number of carbonyl (C=O) groups excluding carboxylic acids is 2. The molecule has 4 rings (SSSR count). The van der Waals surface area contributed by atoms with Crippen molar-refractivity contribution in [1.29, 1.82) is 0 Å². The molecule has 1 saturated heterocycles. The first kappa shape index (κ1) is 34.3. The van der Waals surface area contributed by atoms with E-state index in [0.29, 0.717) is 42.6 Å². The van der Waals surface area contributed by atoms with E-state index in [9.17, 15) is 14.0 Å². The summed E-state index contributed by atoms with van der Waals surface area (Å²) in [6, 6.07) is 10.5. The number of piperidine rings is 1. The summed E-state index contributed by atoms with van der Waals surface area (Å²) < 4.78 is 46.2. The number of carbonyl (C=O) groups is 2. The fourth-order valence-electron chi connectivity index (χ4n) is 5.34. The van der Waals surface area contributed by atoms with E-state index in [1.165, 1.54) is 24.3 Å². The highest BCUT2D eigenvalue weighted by atomic mass is 35.5. The standard InChI is InChI=1S/C35H41ClF2N2O5/c1-7-43-33(42)31(45-34(2,3)4)29-30(40-17-15-35(5,6)16-18-40)28(26(21-41)39-32(29)36)23-10-13-27(25(38)20-23)44-19-14-22-8-11-24(37)12-9-22/h8-13,20-21,31H,7,14-19H2,1-6H3. The Morgan fingerprint density at radius 2 is 1.78 bits per heavy atom. The van der Waals surface area contributed by atoms with Crippen LogP contribution in [-0.2, 0) is 20.7 Å². The summed E-state index contributed by atoms with van der Waals surface area (Å²) in [5, 5.41) is -0.0656. The zero-order valence-corrected chi connectivity index (χ0v) is 27.5. The fourth-order valence-corrected chi connectivity index (χ4v) is 5.62. The number of esters is 1. The molecule has 3 aromatic rings. The second-order valence-electron chi connectivity index (χ2n) is 12.9. The molecule has 10 heteroatoms. The lowest BCUT2D eigenvalue weighted by molar-refractivity contribution is -0.166. The third-order valence-electron chi connectivity index (χ3n) is 7.75. The molecule has 1 unspecified atom stereocenters. The van der Waals surface area contributed by atoms with Crippen molar-refractivity contribution in [1.82, 2.24) is 4.98 Å². The number of aldehydes is 1. The van der Waals surface area contributed by atoms with E-state index >= 15 is 4.39 Å². The molecular weight excluding hydrogens is 602 g/mol. The van der Waals surface area contributed by atoms with Crippen LogP contribution in [-0.4, -0.2) is 49.1 Å². The highest BCUT2D eigenvalue weighted by Gasteiger charge is 2.38. The summed E-state index contributed by atoms with van der Waals surface area (Å²) in [5.41, 5.74) is 1.63. The predicted octanol–water partition coefficient (Wildman–Crippen LogP) is 8.16. The van der Waals surface area contributed by atoms with Crippen LogP contribution < -0.4 is 9.64 Å². The molecule has 242 valence electrons. The third-order valence-corrected chi connectivity index (χ3v) is 8.04. The summed E-state index contributed by atoms with van der Waals surface area (Å²) >= 11 is 6.79. The number of rotatable bonds is 11. The molecule has 1 fully saturated rings. The van der Waals surface area contributed by atoms with Gasteiger partial charge in [0.25, 0.3) is 0 Å². The molecule has 1 aliphatic heterocycles. The molecule has 2 aromatic carbocycles. The number of pyridine rings is 1. The Bertz CT molecular complexity index is 1510. The average molecular weight is 643 g/mol. The Hall–Kier alpha value is -3.56. The Morgan fingerprint density at radius 3 is 2.36 bits per heavy atom. The second kappa shape index (κ2) is 14.3. The van der Waals surface area contributed by atoms with Gasteiger partial charge in [0.1, 0.15) is 16.7 Å². The van der Waals surface area contributed by atoms with E-state index in [-0.39, 0.29) is 46.6 Å². The van der Waals surface area contributed by atoms with Gasteiger partial charge in [0.2, 0.25) is 0 Å². The monoisotopic (exact) mass is 642 g/mol. The van der Waals surface area contributed by atoms with Gasteiger partial charge in [-0.15, -0.1) is 0 Å². The van der Waals surface area contributed by atoms with Crippen molar-refractivity contribution in [2.45, 2.75) is 72.5 Å². The normalized spacial score (nSPS) is 15.4. The largest absolute Gasteiger partial charge is 0.490 e. The highest BCUT2D eigenvalue weighted by Crippen LogP contribution is 2.46. The molecule has 0 aliphatic carbocycles. The molecule has 2 heterocycles. The number of nitrogens with zero attached hydrogens (tertiary/aromatic N) is 2. The SMILES string of the molecule is CCOC(=O)C(OC(C)(C)C)c1c(Cl)nc(C=O)c(-c2ccc(OCCc3ccc(F)cc3)c(F)c2)c1N1CCC(C)(C)CC1. The van der Waals surface area contributed by atoms with Crippen LogP contribution in [0.15, 0.2) is 42.5 Å². The summed E-state index contributed by atoms with van der Waals surface area (Å²) in [6.45, 7) is 13.0. The van der Waals surface area contributed by atoms with Crippen LogP contribution in [0.25, 0.3) is 11.1 Å². The van der Waals surface area contributed by atoms with E-state index in [0.717, 1.165) is 18.4 Å². The number of ether oxygens (including phenoxy) is 3. The van der Waals surface area contributed by atoms with Gasteiger partial charge in [-0.3, -0.25) is 4.79 Å². The number of hydrogen-bond acceptors (Lipinski definition) is 7. The average Bonchev–Trinajstić information content (AvgIpc) is 2.97. The molecule has 45 heavy (non-hydrogen) atoms. The van der Waals surface area contributed by atoms with Gasteiger partial charge < -0.3 is 19.1 Å². The lowest BCUT2D eigenvalue weighted by Gasteiger charge is -2.41. The minimum absolute atomic E-state index is 0.00586. The van der Waals surface area contributed by atoms with Crippen molar-refractivity contribution in [2.75, 3.05) is 31.2 Å². The minimum Gasteiger partial charge on any atom is -0.490 e. The molecule has 1 aromatic heterocycles. The predicted molar refractivity (Wildman–Crippen MR) is 171 cm³/mol. The van der Waals surface area contributed by atoms with Crippen LogP contribution in [0, 0.1) is 17.0 Å². The number of aromatic nitrogens is 1. The summed E-state index contributed by atoms with van der Waals surface area (Å²) in [7, 11) is 0. The van der Waals surface area contributed by atoms with Gasteiger partial charge in [-0.05, 0) is 81.3 Å². The van der Waals surface area contributed by atoms with Crippen LogP contribution in [0.1, 0.15) is 82.1 Å². The molecular formula is C35H41ClF2N2O5. The van der Waals surface area contributed by atoms with Crippen LogP contribution in [0.5, 0.6) is 5.75 Å². The smallest absolute Gasteiger partial charge is 0.340 e. The minimum atomic E-state index is -1.26. The van der Waals surface area contributed by atoms with Crippen molar-refractivity contribution in [2.24, 2.45) is 5.41 Å². The first-order chi connectivity index (χ1) is 21.2. The summed E-state index contributed by atoms with van der Waals surface area (Å²) in [6.07, 6.45) is 1.45. The molecule has 0 amide bonds. The Kier molecular flexibility index (Phi) is 10.9. The molecule has 0 saturated carbocycles. The molecule has 0 N–H and O–H groups in total. The van der Waals surface area contributed by atoms with Gasteiger partial charge >= 0.3 is 5.97 Å². The van der Waals surface area contributed by atoms with E-state index in [1.807, 2.05) is 20.8 Å². The van der Waals surface area contributed by atoms with Crippen LogP contribution in [0.4, 0.5) is 14.5 Å². The van der Waals surface area contributed by atoms with E-state index in [4.69, 9.17) is 25.8 Å². The Labute approximate surface area is 268 Å². The lowest BCUT2D eigenvalue weighted by atomic mass is 9.82. The number of hydrogen-bond donors (Lipinski definition) is 0. The third kappa shape index (κ3) is 8.58. The van der Waals surface area contributed by atoms with Gasteiger partial charge in [0.15, 0.2) is 24.0 Å². The van der Waals surface area contributed by atoms with Crippen LogP contribution >= 0.6 is 11.6 Å². The van der Waals surface area contributed by atoms with Crippen molar-refractivity contribution in [3.63, 3.8) is 0 Å². The lowest BCUT2D eigenvalue weighted by Crippen LogP contribution is -2.39. The molecule has 0 bridgehead atoms. The fraction of sp³-hybridized carbons (Fsp3) is 0.457. The van der Waals surface area contributed by atoms with Crippen molar-refractivity contribution >= 4 is 29.5 Å². The molecule has 0 radical (unpaired) electrons. The van der Waals surface area contributed by atoms with Gasteiger partial charge in [-0.2, -0.15) is 0 Å². The summed E-state index contributed by atoms with van der Waals surface area (Å²) in [5.74, 6) is -1.59. The molecule has 7 nitrogen and oxygen atoms in total. The maximum Gasteiger partial charge on any atom is 0.340 e. The van der Waals surface area contributed by atoms with E-state index in [2.05, 4.69) is 23.7 Å². The van der Waals surface area contributed by atoms with Crippen LogP contribution in [0.2, 0.25) is 5.15 Å². The maximum atomic E-state index is 15.6. The van der Waals surface area contributed by atoms with Gasteiger partial charge in [-0.25, -0.2) is 18.6 Å². The molecule has 1 aliphatic rings. The number of benzene rings is 2. The van der Waals surface area contributed by atoms with E-state index < -0.39 is 23.5 Å². The van der Waals surface area contributed by atoms with E-state index in [1.54, 1.807) is 25.1 Å². The Balaban J connectivity index is 1.82. The zero-order chi connectivity index (χ0) is 32.9. The second-order valence-corrected chi connectivity index (χ2v) is 13.3. The highest BCUT2D eigenvalue weighted by molar-refractivity contribution is 6.31. The van der Waals surface area contributed by atoms with Crippen molar-refractivity contribution in [3.05, 3.63) is 76.1 Å². The first-order valence-corrected chi connectivity index (χ1v) is 15.6.